The summed E-state index contributed by atoms with van der Waals surface area (Å²) < 4.78 is 29.3. The van der Waals surface area contributed by atoms with E-state index in [-0.39, 0.29) is 15.8 Å². The Bertz CT molecular complexity index is 561. The average Bonchev–Trinajstić information content (AvgIpc) is 2.47. The molecule has 0 bridgehead atoms. The first-order chi connectivity index (χ1) is 9.98. The van der Waals surface area contributed by atoms with Gasteiger partial charge in [0.25, 0.3) is 0 Å². The highest BCUT2D eigenvalue weighted by atomic mass is 32.2. The van der Waals surface area contributed by atoms with Crippen LogP contribution >= 0.6 is 0 Å². The van der Waals surface area contributed by atoms with Crippen LogP contribution in [-0.2, 0) is 19.4 Å². The van der Waals surface area contributed by atoms with E-state index >= 15 is 0 Å². The fraction of sp³-hybridized carbons (Fsp3) is 0.438. The van der Waals surface area contributed by atoms with Crippen LogP contribution in [-0.4, -0.2) is 21.0 Å². The fourth-order valence-electron chi connectivity index (χ4n) is 1.90. The van der Waals surface area contributed by atoms with E-state index < -0.39 is 9.84 Å². The maximum atomic E-state index is 12.2. The molecule has 0 N–H and O–H groups in total. The van der Waals surface area contributed by atoms with Gasteiger partial charge in [-0.25, -0.2) is 8.42 Å². The highest BCUT2D eigenvalue weighted by molar-refractivity contribution is 7.95. The van der Waals surface area contributed by atoms with Crippen LogP contribution in [0.4, 0.5) is 0 Å². The van der Waals surface area contributed by atoms with Crippen LogP contribution in [0.2, 0.25) is 0 Å². The summed E-state index contributed by atoms with van der Waals surface area (Å²) in [4.78, 5) is 11.7. The number of rotatable bonds is 9. The maximum absolute atomic E-state index is 12.2. The van der Waals surface area contributed by atoms with Gasteiger partial charge in [0, 0.05) is 11.3 Å². The zero-order valence-corrected chi connectivity index (χ0v) is 13.2. The summed E-state index contributed by atoms with van der Waals surface area (Å²) in [5.41, 5.74) is 0. The number of benzene rings is 1. The predicted octanol–water partition coefficient (Wildman–Crippen LogP) is 3.49. The highest BCUT2D eigenvalue weighted by Gasteiger charge is 2.17. The van der Waals surface area contributed by atoms with E-state index in [9.17, 15) is 13.2 Å². The molecule has 1 aromatic carbocycles. The Morgan fingerprint density at radius 1 is 1.10 bits per heavy atom. The maximum Gasteiger partial charge on any atom is 0.305 e. The first-order valence-corrected chi connectivity index (χ1v) is 8.60. The van der Waals surface area contributed by atoms with Gasteiger partial charge in [0.15, 0.2) is 0 Å². The van der Waals surface area contributed by atoms with Gasteiger partial charge in [-0.3, -0.25) is 4.79 Å². The van der Waals surface area contributed by atoms with Gasteiger partial charge in [0.1, 0.15) is 0 Å². The molecule has 21 heavy (non-hydrogen) atoms. The number of sulfone groups is 1. The predicted molar refractivity (Wildman–Crippen MR) is 82.5 cm³/mol. The number of allylic oxidation sites excluding steroid dienone is 1. The molecule has 1 aromatic rings. The van der Waals surface area contributed by atoms with Crippen LogP contribution in [0.3, 0.4) is 0 Å². The Balaban J connectivity index is 2.36. The van der Waals surface area contributed by atoms with Crippen molar-refractivity contribution in [3.63, 3.8) is 0 Å². The molecule has 0 saturated heterocycles. The first-order valence-electron chi connectivity index (χ1n) is 7.12. The van der Waals surface area contributed by atoms with Crippen molar-refractivity contribution in [2.75, 3.05) is 6.61 Å². The lowest BCUT2D eigenvalue weighted by atomic mass is 10.1. The molecule has 0 radical (unpaired) electrons. The molecule has 4 nitrogen and oxygen atoms in total. The quantitative estimate of drug-likeness (QED) is 0.517. The van der Waals surface area contributed by atoms with E-state index in [4.69, 9.17) is 4.74 Å². The molecule has 116 valence electrons. The highest BCUT2D eigenvalue weighted by Crippen LogP contribution is 2.22. The third-order valence-corrected chi connectivity index (χ3v) is 4.93. The van der Waals surface area contributed by atoms with Crippen LogP contribution in [0.1, 0.15) is 39.0 Å². The Morgan fingerprint density at radius 3 is 2.33 bits per heavy atom. The normalized spacial score (nSPS) is 11.1. The molecular weight excluding hydrogens is 288 g/mol. The lowest BCUT2D eigenvalue weighted by Gasteiger charge is -2.07. The van der Waals surface area contributed by atoms with Gasteiger partial charge in [0.05, 0.1) is 11.5 Å². The molecule has 0 amide bonds. The van der Waals surface area contributed by atoms with E-state index in [1.54, 1.807) is 37.3 Å². The third kappa shape index (κ3) is 5.71. The average molecular weight is 310 g/mol. The molecule has 0 heterocycles. The first kappa shape index (κ1) is 17.4. The molecule has 0 aromatic heterocycles. The summed E-state index contributed by atoms with van der Waals surface area (Å²) in [6.45, 7) is 5.85. The molecule has 0 aliphatic carbocycles. The summed E-state index contributed by atoms with van der Waals surface area (Å²) in [5.74, 6) is -0.201. The van der Waals surface area contributed by atoms with Gasteiger partial charge < -0.3 is 4.74 Å². The van der Waals surface area contributed by atoms with Crippen LogP contribution in [0.15, 0.2) is 46.7 Å². The molecule has 0 aliphatic heterocycles. The Morgan fingerprint density at radius 2 is 1.71 bits per heavy atom. The minimum Gasteiger partial charge on any atom is -0.466 e. The number of esters is 1. The summed E-state index contributed by atoms with van der Waals surface area (Å²) in [5, 5.41) is 0. The molecule has 0 spiro atoms. The van der Waals surface area contributed by atoms with Gasteiger partial charge in [-0.05, 0) is 38.3 Å². The number of hydrogen-bond acceptors (Lipinski definition) is 4. The van der Waals surface area contributed by atoms with Crippen molar-refractivity contribution < 1.29 is 17.9 Å². The largest absolute Gasteiger partial charge is 0.466 e. The van der Waals surface area contributed by atoms with Gasteiger partial charge in [0.2, 0.25) is 9.84 Å². The molecular formula is C16H22O4S. The topological polar surface area (TPSA) is 60.4 Å². The van der Waals surface area contributed by atoms with Crippen molar-refractivity contribution in [3.05, 3.63) is 41.8 Å². The summed E-state index contributed by atoms with van der Waals surface area (Å²) >= 11 is 0. The smallest absolute Gasteiger partial charge is 0.305 e. The molecule has 0 fully saturated rings. The van der Waals surface area contributed by atoms with Gasteiger partial charge >= 0.3 is 5.97 Å². The van der Waals surface area contributed by atoms with E-state index in [1.807, 2.05) is 0 Å². The number of carbonyl (C=O) groups is 1. The van der Waals surface area contributed by atoms with E-state index in [2.05, 4.69) is 6.58 Å². The molecule has 0 atom stereocenters. The van der Waals surface area contributed by atoms with Gasteiger partial charge in [-0.2, -0.15) is 0 Å². The SMILES string of the molecule is C=C(CCCCCC(=O)OCC)S(=O)(=O)c1ccccc1. The number of carbonyl (C=O) groups excluding carboxylic acids is 1. The minimum atomic E-state index is -3.44. The number of ether oxygens (including phenoxy) is 1. The monoisotopic (exact) mass is 310 g/mol. The van der Waals surface area contributed by atoms with Crippen LogP contribution in [0.5, 0.6) is 0 Å². The molecule has 1 rings (SSSR count). The molecule has 5 heteroatoms. The Kier molecular flexibility index (Phi) is 7.15. The summed E-state index contributed by atoms with van der Waals surface area (Å²) in [7, 11) is -3.44. The lowest BCUT2D eigenvalue weighted by molar-refractivity contribution is -0.143. The van der Waals surface area contributed by atoms with Crippen LogP contribution in [0, 0.1) is 0 Å². The summed E-state index contributed by atoms with van der Waals surface area (Å²) in [6.07, 6.45) is 2.98. The van der Waals surface area contributed by atoms with Crippen molar-refractivity contribution in [2.45, 2.75) is 43.9 Å². The van der Waals surface area contributed by atoms with Gasteiger partial charge in [-0.15, -0.1) is 0 Å². The second-order valence-corrected chi connectivity index (χ2v) is 6.78. The standard InChI is InChI=1S/C16H22O4S/c1-3-20-16(17)13-9-4-6-10-14(2)21(18,19)15-11-7-5-8-12-15/h5,7-8,11-12H,2-4,6,9-10,13H2,1H3. The second-order valence-electron chi connectivity index (χ2n) is 4.72. The van der Waals surface area contributed by atoms with E-state index in [0.717, 1.165) is 6.42 Å². The zero-order chi connectivity index (χ0) is 15.7. The van der Waals surface area contributed by atoms with Crippen molar-refractivity contribution >= 4 is 15.8 Å². The van der Waals surface area contributed by atoms with Gasteiger partial charge in [-0.1, -0.05) is 31.2 Å². The second kappa shape index (κ2) is 8.62. The molecule has 0 saturated carbocycles. The van der Waals surface area contributed by atoms with Crippen LogP contribution in [0.25, 0.3) is 0 Å². The Labute approximate surface area is 126 Å². The van der Waals surface area contributed by atoms with Crippen molar-refractivity contribution in [1.82, 2.24) is 0 Å². The van der Waals surface area contributed by atoms with Crippen molar-refractivity contribution in [1.29, 1.82) is 0 Å². The molecule has 0 unspecified atom stereocenters. The van der Waals surface area contributed by atoms with Crippen molar-refractivity contribution in [2.24, 2.45) is 0 Å². The number of hydrogen-bond donors (Lipinski definition) is 0. The Hall–Kier alpha value is -1.62. The van der Waals surface area contributed by atoms with Crippen molar-refractivity contribution in [3.8, 4) is 0 Å². The van der Waals surface area contributed by atoms with E-state index in [0.29, 0.717) is 32.3 Å². The van der Waals surface area contributed by atoms with E-state index in [1.165, 1.54) is 0 Å². The third-order valence-electron chi connectivity index (χ3n) is 3.08. The zero-order valence-electron chi connectivity index (χ0n) is 12.4. The fourth-order valence-corrected chi connectivity index (χ4v) is 3.16. The molecule has 0 aliphatic rings. The minimum absolute atomic E-state index is 0.201. The summed E-state index contributed by atoms with van der Waals surface area (Å²) in [6, 6.07) is 8.30. The van der Waals surface area contributed by atoms with Crippen LogP contribution < -0.4 is 0 Å². The number of unbranched alkanes of at least 4 members (excludes halogenated alkanes) is 2. The lowest BCUT2D eigenvalue weighted by Crippen LogP contribution is -2.05.